The predicted molar refractivity (Wildman–Crippen MR) is 51.5 cm³/mol. The molecule has 1 aromatic rings. The van der Waals surface area contributed by atoms with Crippen molar-refractivity contribution < 1.29 is 9.53 Å². The summed E-state index contributed by atoms with van der Waals surface area (Å²) in [5, 5.41) is 3.18. The van der Waals surface area contributed by atoms with E-state index in [-0.39, 0.29) is 0 Å². The fraction of sp³-hybridized carbons (Fsp3) is 0.300. The number of hydrogen-bond donors (Lipinski definition) is 1. The molecule has 0 amide bonds. The van der Waals surface area contributed by atoms with Gasteiger partial charge >= 0.3 is 0 Å². The normalized spacial score (nSPS) is 9.31. The zero-order valence-electron chi connectivity index (χ0n) is 7.62. The highest BCUT2D eigenvalue weighted by molar-refractivity contribution is 5.46. The molecule has 0 saturated heterocycles. The van der Waals surface area contributed by atoms with Gasteiger partial charge in [0, 0.05) is 12.2 Å². The molecular formula is C10H13NO2. The van der Waals surface area contributed by atoms with Crippen molar-refractivity contribution in [3.05, 3.63) is 29.8 Å². The van der Waals surface area contributed by atoms with Crippen molar-refractivity contribution in [1.29, 1.82) is 0 Å². The minimum absolute atomic E-state index is 0.336. The number of benzene rings is 1. The molecule has 0 atom stereocenters. The van der Waals surface area contributed by atoms with Gasteiger partial charge in [0.25, 0.3) is 6.47 Å². The molecule has 0 unspecified atom stereocenters. The molecule has 0 aliphatic heterocycles. The van der Waals surface area contributed by atoms with E-state index in [2.05, 4.69) is 10.1 Å². The second-order valence-electron chi connectivity index (χ2n) is 2.64. The first kappa shape index (κ1) is 9.58. The molecule has 0 aliphatic rings. The molecule has 0 heterocycles. The molecule has 1 rings (SSSR count). The molecule has 3 heteroatoms. The number of carbonyl (C=O) groups excluding carboxylic acids is 1. The summed E-state index contributed by atoms with van der Waals surface area (Å²) in [6.07, 6.45) is 0. The average molecular weight is 179 g/mol. The van der Waals surface area contributed by atoms with E-state index in [1.807, 2.05) is 31.2 Å². The Morgan fingerprint density at radius 3 is 3.08 bits per heavy atom. The molecule has 0 aromatic heterocycles. The van der Waals surface area contributed by atoms with Crippen LogP contribution >= 0.6 is 0 Å². The van der Waals surface area contributed by atoms with E-state index < -0.39 is 0 Å². The van der Waals surface area contributed by atoms with Crippen molar-refractivity contribution in [2.45, 2.75) is 13.5 Å². The van der Waals surface area contributed by atoms with Gasteiger partial charge in [-0.2, -0.15) is 0 Å². The first-order chi connectivity index (χ1) is 6.36. The molecule has 0 radical (unpaired) electrons. The topological polar surface area (TPSA) is 38.3 Å². The molecular weight excluding hydrogens is 166 g/mol. The van der Waals surface area contributed by atoms with Crippen LogP contribution in [0, 0.1) is 0 Å². The van der Waals surface area contributed by atoms with Crippen molar-refractivity contribution in [1.82, 2.24) is 0 Å². The predicted octanol–water partition coefficient (Wildman–Crippen LogP) is 1.79. The summed E-state index contributed by atoms with van der Waals surface area (Å²) in [5.74, 6) is 0. The zero-order valence-corrected chi connectivity index (χ0v) is 7.62. The molecule has 0 fully saturated rings. The summed E-state index contributed by atoms with van der Waals surface area (Å²) in [6, 6.07) is 7.80. The maximum Gasteiger partial charge on any atom is 0.293 e. The van der Waals surface area contributed by atoms with Gasteiger partial charge in [-0.1, -0.05) is 12.1 Å². The summed E-state index contributed by atoms with van der Waals surface area (Å²) >= 11 is 0. The monoisotopic (exact) mass is 179 g/mol. The highest BCUT2D eigenvalue weighted by atomic mass is 16.5. The second-order valence-corrected chi connectivity index (χ2v) is 2.64. The summed E-state index contributed by atoms with van der Waals surface area (Å²) in [4.78, 5) is 9.95. The van der Waals surface area contributed by atoms with Gasteiger partial charge < -0.3 is 10.1 Å². The number of hydrogen-bond acceptors (Lipinski definition) is 3. The van der Waals surface area contributed by atoms with Crippen LogP contribution in [0.4, 0.5) is 5.69 Å². The SMILES string of the molecule is CCNc1cccc(COC=O)c1. The minimum atomic E-state index is 0.336. The Morgan fingerprint density at radius 1 is 1.54 bits per heavy atom. The van der Waals surface area contributed by atoms with Gasteiger partial charge in [0.2, 0.25) is 0 Å². The van der Waals surface area contributed by atoms with Crippen molar-refractivity contribution in [3.8, 4) is 0 Å². The molecule has 0 bridgehead atoms. The van der Waals surface area contributed by atoms with Crippen LogP contribution in [0.1, 0.15) is 12.5 Å². The fourth-order valence-corrected chi connectivity index (χ4v) is 1.11. The minimum Gasteiger partial charge on any atom is -0.463 e. The van der Waals surface area contributed by atoms with Gasteiger partial charge in [0.05, 0.1) is 0 Å². The van der Waals surface area contributed by atoms with Gasteiger partial charge in [0.1, 0.15) is 6.61 Å². The molecule has 13 heavy (non-hydrogen) atoms. The van der Waals surface area contributed by atoms with Gasteiger partial charge in [-0.05, 0) is 24.6 Å². The van der Waals surface area contributed by atoms with Crippen LogP contribution in [0.2, 0.25) is 0 Å². The third-order valence-corrected chi connectivity index (χ3v) is 1.63. The van der Waals surface area contributed by atoms with E-state index in [1.54, 1.807) is 0 Å². The van der Waals surface area contributed by atoms with Crippen molar-refractivity contribution in [2.24, 2.45) is 0 Å². The van der Waals surface area contributed by atoms with E-state index in [9.17, 15) is 4.79 Å². The molecule has 0 saturated carbocycles. The number of anilines is 1. The summed E-state index contributed by atoms with van der Waals surface area (Å²) in [7, 11) is 0. The Balaban J connectivity index is 2.61. The molecule has 0 spiro atoms. The van der Waals surface area contributed by atoms with E-state index in [0.717, 1.165) is 17.8 Å². The lowest BCUT2D eigenvalue weighted by Crippen LogP contribution is -1.97. The van der Waals surface area contributed by atoms with Gasteiger partial charge in [-0.25, -0.2) is 0 Å². The third kappa shape index (κ3) is 3.15. The van der Waals surface area contributed by atoms with Crippen LogP contribution in [0.15, 0.2) is 24.3 Å². The number of carbonyl (C=O) groups is 1. The van der Waals surface area contributed by atoms with Crippen LogP contribution < -0.4 is 5.32 Å². The first-order valence-corrected chi connectivity index (χ1v) is 4.25. The Morgan fingerprint density at radius 2 is 2.38 bits per heavy atom. The molecule has 70 valence electrons. The Labute approximate surface area is 77.7 Å². The molecule has 0 aliphatic carbocycles. The quantitative estimate of drug-likeness (QED) is 0.700. The lowest BCUT2D eigenvalue weighted by Gasteiger charge is -2.05. The van der Waals surface area contributed by atoms with E-state index in [0.29, 0.717) is 13.1 Å². The fourth-order valence-electron chi connectivity index (χ4n) is 1.11. The number of ether oxygens (including phenoxy) is 1. The third-order valence-electron chi connectivity index (χ3n) is 1.63. The van der Waals surface area contributed by atoms with Crippen LogP contribution in [0.25, 0.3) is 0 Å². The van der Waals surface area contributed by atoms with Crippen molar-refractivity contribution >= 4 is 12.2 Å². The lowest BCUT2D eigenvalue weighted by molar-refractivity contribution is -0.129. The average Bonchev–Trinajstić information content (AvgIpc) is 2.16. The van der Waals surface area contributed by atoms with E-state index in [4.69, 9.17) is 0 Å². The smallest absolute Gasteiger partial charge is 0.293 e. The van der Waals surface area contributed by atoms with Crippen LogP contribution in [0.5, 0.6) is 0 Å². The summed E-state index contributed by atoms with van der Waals surface area (Å²) < 4.78 is 4.64. The van der Waals surface area contributed by atoms with Crippen molar-refractivity contribution in [2.75, 3.05) is 11.9 Å². The van der Waals surface area contributed by atoms with Gasteiger partial charge in [-0.3, -0.25) is 4.79 Å². The Kier molecular flexibility index (Phi) is 3.82. The van der Waals surface area contributed by atoms with Crippen LogP contribution in [-0.4, -0.2) is 13.0 Å². The first-order valence-electron chi connectivity index (χ1n) is 4.25. The second kappa shape index (κ2) is 5.19. The van der Waals surface area contributed by atoms with Gasteiger partial charge in [0.15, 0.2) is 0 Å². The van der Waals surface area contributed by atoms with E-state index >= 15 is 0 Å². The van der Waals surface area contributed by atoms with Crippen LogP contribution in [-0.2, 0) is 16.1 Å². The highest BCUT2D eigenvalue weighted by Crippen LogP contribution is 2.10. The number of rotatable bonds is 5. The standard InChI is InChI=1S/C10H13NO2/c1-2-11-10-5-3-4-9(6-10)7-13-8-12/h3-6,8,11H,2,7H2,1H3. The van der Waals surface area contributed by atoms with Crippen molar-refractivity contribution in [3.63, 3.8) is 0 Å². The Hall–Kier alpha value is -1.51. The summed E-state index contributed by atoms with van der Waals surface area (Å²) in [6.45, 7) is 3.72. The van der Waals surface area contributed by atoms with Gasteiger partial charge in [-0.15, -0.1) is 0 Å². The highest BCUT2D eigenvalue weighted by Gasteiger charge is 1.94. The van der Waals surface area contributed by atoms with Crippen LogP contribution in [0.3, 0.4) is 0 Å². The number of nitrogens with one attached hydrogen (secondary N) is 1. The van der Waals surface area contributed by atoms with E-state index in [1.165, 1.54) is 0 Å². The zero-order chi connectivity index (χ0) is 9.52. The lowest BCUT2D eigenvalue weighted by atomic mass is 10.2. The molecule has 1 aromatic carbocycles. The molecule has 1 N–H and O–H groups in total. The maximum absolute atomic E-state index is 9.95. The largest absolute Gasteiger partial charge is 0.463 e. The maximum atomic E-state index is 9.95. The molecule has 3 nitrogen and oxygen atoms in total. The summed E-state index contributed by atoms with van der Waals surface area (Å²) in [5.41, 5.74) is 2.04. The Bertz CT molecular complexity index is 273.